The van der Waals surface area contributed by atoms with E-state index >= 15 is 0 Å². The van der Waals surface area contributed by atoms with E-state index in [0.717, 1.165) is 37.7 Å². The van der Waals surface area contributed by atoms with Gasteiger partial charge in [-0.1, -0.05) is 18.2 Å². The van der Waals surface area contributed by atoms with Crippen LogP contribution in [-0.4, -0.2) is 16.7 Å². The Morgan fingerprint density at radius 2 is 1.72 bits per heavy atom. The van der Waals surface area contributed by atoms with E-state index in [-0.39, 0.29) is 30.4 Å². The van der Waals surface area contributed by atoms with Crippen molar-refractivity contribution in [1.29, 1.82) is 0 Å². The summed E-state index contributed by atoms with van der Waals surface area (Å²) in [5, 5.41) is 9.73. The van der Waals surface area contributed by atoms with Crippen LogP contribution in [0, 0.1) is 0 Å². The largest absolute Gasteiger partial charge is 0.508 e. The molecule has 2 rings (SSSR count). The second kappa shape index (κ2) is 7.19. The molecule has 0 amide bonds. The highest BCUT2D eigenvalue weighted by atomic mass is 35.5. The molecule has 0 heterocycles. The molecule has 104 valence electrons. The van der Waals surface area contributed by atoms with Crippen molar-refractivity contribution < 1.29 is 5.11 Å². The molecular formula is C13H22Cl2N2O. The van der Waals surface area contributed by atoms with E-state index in [2.05, 4.69) is 0 Å². The fraction of sp³-hybridized carbons (Fsp3) is 0.538. The van der Waals surface area contributed by atoms with E-state index in [1.165, 1.54) is 0 Å². The molecule has 5 heteroatoms. The predicted octanol–water partition coefficient (Wildman–Crippen LogP) is 2.38. The number of halogens is 2. The van der Waals surface area contributed by atoms with Crippen molar-refractivity contribution in [3.05, 3.63) is 29.8 Å². The Balaban J connectivity index is 0.00000144. The molecule has 0 aromatic heterocycles. The third-order valence-electron chi connectivity index (χ3n) is 3.56. The molecule has 1 fully saturated rings. The minimum atomic E-state index is -0.186. The van der Waals surface area contributed by atoms with Gasteiger partial charge in [0.15, 0.2) is 0 Å². The van der Waals surface area contributed by atoms with Gasteiger partial charge in [0.05, 0.1) is 0 Å². The first-order valence-corrected chi connectivity index (χ1v) is 5.90. The Bertz CT molecular complexity index is 366. The molecule has 1 aromatic rings. The maximum absolute atomic E-state index is 9.73. The lowest BCUT2D eigenvalue weighted by Gasteiger charge is -2.36. The summed E-state index contributed by atoms with van der Waals surface area (Å²) >= 11 is 0. The van der Waals surface area contributed by atoms with Gasteiger partial charge in [0.1, 0.15) is 5.75 Å². The minimum absolute atomic E-state index is 0. The summed E-state index contributed by atoms with van der Waals surface area (Å²) in [5.74, 6) is 0.349. The normalized spacial score (nSPS) is 26.9. The fourth-order valence-electron chi connectivity index (χ4n) is 2.43. The number of phenols is 1. The highest BCUT2D eigenvalue weighted by molar-refractivity contribution is 5.85. The first-order valence-electron chi connectivity index (χ1n) is 5.90. The number of rotatable bonds is 2. The predicted molar refractivity (Wildman–Crippen MR) is 79.7 cm³/mol. The van der Waals surface area contributed by atoms with Crippen molar-refractivity contribution in [2.45, 2.75) is 43.7 Å². The highest BCUT2D eigenvalue weighted by Crippen LogP contribution is 2.31. The van der Waals surface area contributed by atoms with Gasteiger partial charge in [-0.05, 0) is 43.7 Å². The van der Waals surface area contributed by atoms with Crippen LogP contribution in [0.15, 0.2) is 24.3 Å². The first-order chi connectivity index (χ1) is 7.59. The molecule has 1 aliphatic carbocycles. The summed E-state index contributed by atoms with van der Waals surface area (Å²) in [6.07, 6.45) is 4.62. The maximum atomic E-state index is 9.73. The lowest BCUT2D eigenvalue weighted by atomic mass is 9.76. The Morgan fingerprint density at radius 3 is 2.28 bits per heavy atom. The summed E-state index contributed by atoms with van der Waals surface area (Å²) in [4.78, 5) is 0. The minimum Gasteiger partial charge on any atom is -0.508 e. The second-order valence-corrected chi connectivity index (χ2v) is 5.01. The van der Waals surface area contributed by atoms with Crippen molar-refractivity contribution >= 4 is 24.8 Å². The number of hydrogen-bond acceptors (Lipinski definition) is 3. The molecule has 18 heavy (non-hydrogen) atoms. The quantitative estimate of drug-likeness (QED) is 0.784. The van der Waals surface area contributed by atoms with E-state index in [9.17, 15) is 5.11 Å². The van der Waals surface area contributed by atoms with Gasteiger partial charge in [0.2, 0.25) is 0 Å². The number of nitrogens with two attached hydrogens (primary N) is 2. The van der Waals surface area contributed by atoms with Crippen molar-refractivity contribution in [1.82, 2.24) is 0 Å². The number of phenolic OH excluding ortho intramolecular Hbond substituents is 1. The van der Waals surface area contributed by atoms with Gasteiger partial charge >= 0.3 is 0 Å². The van der Waals surface area contributed by atoms with E-state index in [0.29, 0.717) is 11.8 Å². The Kier molecular flexibility index (Phi) is 7.00. The van der Waals surface area contributed by atoms with Crippen LogP contribution in [0.25, 0.3) is 0 Å². The lowest BCUT2D eigenvalue weighted by molar-refractivity contribution is 0.269. The maximum Gasteiger partial charge on any atom is 0.118 e. The van der Waals surface area contributed by atoms with Crippen LogP contribution >= 0.6 is 24.8 Å². The van der Waals surface area contributed by atoms with E-state index in [1.54, 1.807) is 6.07 Å². The Labute approximate surface area is 121 Å². The van der Waals surface area contributed by atoms with E-state index in [4.69, 9.17) is 11.5 Å². The zero-order valence-electron chi connectivity index (χ0n) is 10.3. The Hall–Kier alpha value is -0.480. The summed E-state index contributed by atoms with van der Waals surface area (Å²) in [6.45, 7) is 0. The molecule has 0 aliphatic heterocycles. The molecule has 3 nitrogen and oxygen atoms in total. The fourth-order valence-corrected chi connectivity index (χ4v) is 2.43. The van der Waals surface area contributed by atoms with Crippen LogP contribution in [0.5, 0.6) is 5.75 Å². The molecule has 5 N–H and O–H groups in total. The number of aromatic hydroxyl groups is 1. The van der Waals surface area contributed by atoms with Gasteiger partial charge in [-0.2, -0.15) is 0 Å². The molecule has 0 unspecified atom stereocenters. The molecular weight excluding hydrogens is 271 g/mol. The van der Waals surface area contributed by atoms with Crippen LogP contribution in [-0.2, 0) is 6.42 Å². The Morgan fingerprint density at radius 1 is 1.17 bits per heavy atom. The lowest BCUT2D eigenvalue weighted by Crippen LogP contribution is -2.47. The zero-order chi connectivity index (χ0) is 11.6. The zero-order valence-corrected chi connectivity index (χ0v) is 12.0. The van der Waals surface area contributed by atoms with Crippen LogP contribution in [0.2, 0.25) is 0 Å². The third kappa shape index (κ3) is 4.32. The average Bonchev–Trinajstić information content (AvgIpc) is 2.27. The van der Waals surface area contributed by atoms with Crippen LogP contribution in [0.3, 0.4) is 0 Å². The van der Waals surface area contributed by atoms with Gasteiger partial charge in [-0.15, -0.1) is 24.8 Å². The van der Waals surface area contributed by atoms with Gasteiger partial charge in [-0.25, -0.2) is 0 Å². The molecule has 1 aliphatic rings. The van der Waals surface area contributed by atoms with Crippen molar-refractivity contribution in [2.24, 2.45) is 11.5 Å². The van der Waals surface area contributed by atoms with Gasteiger partial charge in [0, 0.05) is 11.6 Å². The van der Waals surface area contributed by atoms with E-state index < -0.39 is 0 Å². The van der Waals surface area contributed by atoms with Crippen molar-refractivity contribution in [3.63, 3.8) is 0 Å². The molecule has 1 aromatic carbocycles. The number of para-hydroxylation sites is 1. The summed E-state index contributed by atoms with van der Waals surface area (Å²) in [7, 11) is 0. The number of hydrogen-bond donors (Lipinski definition) is 3. The second-order valence-electron chi connectivity index (χ2n) is 5.01. The third-order valence-corrected chi connectivity index (χ3v) is 3.56. The topological polar surface area (TPSA) is 72.3 Å². The van der Waals surface area contributed by atoms with Gasteiger partial charge in [0.25, 0.3) is 0 Å². The van der Waals surface area contributed by atoms with Gasteiger partial charge in [-0.3, -0.25) is 0 Å². The molecule has 0 saturated heterocycles. The molecule has 0 spiro atoms. The molecule has 0 bridgehead atoms. The van der Waals surface area contributed by atoms with Crippen molar-refractivity contribution in [3.8, 4) is 5.75 Å². The SMILES string of the molecule is Cl.Cl.NC1CCC(N)(Cc2ccccc2O)CC1. The van der Waals surface area contributed by atoms with Crippen LogP contribution in [0.4, 0.5) is 0 Å². The average molecular weight is 293 g/mol. The summed E-state index contributed by atoms with van der Waals surface area (Å²) in [6, 6.07) is 7.73. The first kappa shape index (κ1) is 17.5. The summed E-state index contributed by atoms with van der Waals surface area (Å²) < 4.78 is 0. The van der Waals surface area contributed by atoms with E-state index in [1.807, 2.05) is 18.2 Å². The standard InChI is InChI=1S/C13H20N2O.2ClH/c14-11-5-7-13(15,8-6-11)9-10-3-1-2-4-12(10)16;;/h1-4,11,16H,5-9,14-15H2;2*1H. The monoisotopic (exact) mass is 292 g/mol. The van der Waals surface area contributed by atoms with Gasteiger partial charge < -0.3 is 16.6 Å². The van der Waals surface area contributed by atoms with Crippen LogP contribution < -0.4 is 11.5 Å². The smallest absolute Gasteiger partial charge is 0.118 e. The molecule has 1 saturated carbocycles. The van der Waals surface area contributed by atoms with Crippen molar-refractivity contribution in [2.75, 3.05) is 0 Å². The molecule has 0 atom stereocenters. The molecule has 0 radical (unpaired) electrons. The summed E-state index contributed by atoms with van der Waals surface area (Å²) in [5.41, 5.74) is 13.0. The van der Waals surface area contributed by atoms with Crippen LogP contribution in [0.1, 0.15) is 31.2 Å². The highest BCUT2D eigenvalue weighted by Gasteiger charge is 2.31. The number of benzene rings is 1.